The van der Waals surface area contributed by atoms with Crippen LogP contribution in [0.4, 0.5) is 0 Å². The standard InChI is InChI=1S/C11H16N2O2/c1-8(2)13-5-3-4-10(13)11-12-9(6-14)7-15-11/h6-8,10H,3-5H2,1-2H3. The highest BCUT2D eigenvalue weighted by Crippen LogP contribution is 2.32. The van der Waals surface area contributed by atoms with Gasteiger partial charge in [0.15, 0.2) is 6.29 Å². The molecule has 2 rings (SSSR count). The summed E-state index contributed by atoms with van der Waals surface area (Å²) in [6.45, 7) is 5.42. The molecule has 1 atom stereocenters. The second kappa shape index (κ2) is 4.14. The SMILES string of the molecule is CC(C)N1CCCC1c1nc(C=O)co1. The van der Waals surface area contributed by atoms with E-state index in [4.69, 9.17) is 4.42 Å². The van der Waals surface area contributed by atoms with Crippen LogP contribution in [0, 0.1) is 0 Å². The zero-order chi connectivity index (χ0) is 10.8. The van der Waals surface area contributed by atoms with Crippen molar-refractivity contribution < 1.29 is 9.21 Å². The zero-order valence-electron chi connectivity index (χ0n) is 9.14. The molecule has 4 nitrogen and oxygen atoms in total. The maximum absolute atomic E-state index is 10.5. The molecule has 0 aliphatic carbocycles. The third kappa shape index (κ3) is 1.95. The maximum Gasteiger partial charge on any atom is 0.212 e. The summed E-state index contributed by atoms with van der Waals surface area (Å²) in [6, 6.07) is 0.739. The second-order valence-corrected chi connectivity index (χ2v) is 4.22. The lowest BCUT2D eigenvalue weighted by Crippen LogP contribution is -2.30. The summed E-state index contributed by atoms with van der Waals surface area (Å²) >= 11 is 0. The smallest absolute Gasteiger partial charge is 0.212 e. The van der Waals surface area contributed by atoms with Crippen LogP contribution in [-0.4, -0.2) is 28.8 Å². The van der Waals surface area contributed by atoms with Crippen molar-refractivity contribution in [3.8, 4) is 0 Å². The molecule has 0 radical (unpaired) electrons. The molecule has 1 unspecified atom stereocenters. The molecule has 0 bridgehead atoms. The molecule has 82 valence electrons. The van der Waals surface area contributed by atoms with Gasteiger partial charge in [-0.05, 0) is 33.2 Å². The van der Waals surface area contributed by atoms with Crippen LogP contribution in [0.3, 0.4) is 0 Å². The molecular weight excluding hydrogens is 192 g/mol. The molecule has 4 heteroatoms. The number of aldehydes is 1. The average molecular weight is 208 g/mol. The molecule has 0 amide bonds. The molecule has 1 fully saturated rings. The van der Waals surface area contributed by atoms with Gasteiger partial charge in [-0.1, -0.05) is 0 Å². The highest BCUT2D eigenvalue weighted by molar-refractivity contribution is 5.70. The van der Waals surface area contributed by atoms with Gasteiger partial charge in [0.1, 0.15) is 12.0 Å². The topological polar surface area (TPSA) is 46.3 Å². The van der Waals surface area contributed by atoms with Crippen molar-refractivity contribution in [2.75, 3.05) is 6.54 Å². The minimum atomic E-state index is 0.249. The van der Waals surface area contributed by atoms with E-state index in [1.165, 1.54) is 12.7 Å². The first-order valence-electron chi connectivity index (χ1n) is 5.38. The Bertz CT molecular complexity index is 346. The fraction of sp³-hybridized carbons (Fsp3) is 0.636. The van der Waals surface area contributed by atoms with Crippen molar-refractivity contribution in [2.24, 2.45) is 0 Å². The van der Waals surface area contributed by atoms with Gasteiger partial charge >= 0.3 is 0 Å². The van der Waals surface area contributed by atoms with Gasteiger partial charge in [0.25, 0.3) is 0 Å². The van der Waals surface area contributed by atoms with Crippen LogP contribution in [0.15, 0.2) is 10.7 Å². The fourth-order valence-corrected chi connectivity index (χ4v) is 2.18. The van der Waals surface area contributed by atoms with Crippen LogP contribution in [0.25, 0.3) is 0 Å². The Hall–Kier alpha value is -1.16. The van der Waals surface area contributed by atoms with Crippen LogP contribution in [-0.2, 0) is 0 Å². The van der Waals surface area contributed by atoms with Gasteiger partial charge in [-0.2, -0.15) is 0 Å². The summed E-state index contributed by atoms with van der Waals surface area (Å²) in [5.74, 6) is 0.684. The van der Waals surface area contributed by atoms with E-state index in [0.29, 0.717) is 17.6 Å². The molecule has 1 aliphatic rings. The van der Waals surface area contributed by atoms with Crippen LogP contribution < -0.4 is 0 Å². The van der Waals surface area contributed by atoms with Gasteiger partial charge in [0, 0.05) is 6.04 Å². The Balaban J connectivity index is 2.18. The Morgan fingerprint density at radius 2 is 2.47 bits per heavy atom. The number of likely N-dealkylation sites (tertiary alicyclic amines) is 1. The van der Waals surface area contributed by atoms with Crippen molar-refractivity contribution in [2.45, 2.75) is 38.8 Å². The van der Waals surface area contributed by atoms with Crippen LogP contribution in [0.2, 0.25) is 0 Å². The van der Waals surface area contributed by atoms with Gasteiger partial charge in [-0.3, -0.25) is 9.69 Å². The number of hydrogen-bond acceptors (Lipinski definition) is 4. The Kier molecular flexibility index (Phi) is 2.86. The number of carbonyl (C=O) groups is 1. The largest absolute Gasteiger partial charge is 0.446 e. The van der Waals surface area contributed by atoms with E-state index < -0.39 is 0 Å². The minimum Gasteiger partial charge on any atom is -0.446 e. The molecule has 1 saturated heterocycles. The van der Waals surface area contributed by atoms with Crippen molar-refractivity contribution in [3.63, 3.8) is 0 Å². The molecule has 2 heterocycles. The maximum atomic E-state index is 10.5. The number of oxazole rings is 1. The lowest BCUT2D eigenvalue weighted by Gasteiger charge is -2.25. The predicted molar refractivity (Wildman–Crippen MR) is 55.7 cm³/mol. The normalized spacial score (nSPS) is 22.5. The van der Waals surface area contributed by atoms with E-state index in [1.807, 2.05) is 0 Å². The number of aromatic nitrogens is 1. The van der Waals surface area contributed by atoms with E-state index in [0.717, 1.165) is 19.3 Å². The molecule has 0 aromatic carbocycles. The third-order valence-electron chi connectivity index (χ3n) is 2.90. The van der Waals surface area contributed by atoms with E-state index >= 15 is 0 Å². The van der Waals surface area contributed by atoms with E-state index in [-0.39, 0.29) is 6.04 Å². The first-order valence-corrected chi connectivity index (χ1v) is 5.38. The molecule has 1 aromatic rings. The van der Waals surface area contributed by atoms with Gasteiger partial charge in [0.2, 0.25) is 5.89 Å². The number of nitrogens with zero attached hydrogens (tertiary/aromatic N) is 2. The quantitative estimate of drug-likeness (QED) is 0.713. The summed E-state index contributed by atoms with van der Waals surface area (Å²) in [6.07, 6.45) is 4.39. The Morgan fingerprint density at radius 3 is 3.07 bits per heavy atom. The zero-order valence-corrected chi connectivity index (χ0v) is 9.14. The van der Waals surface area contributed by atoms with Gasteiger partial charge < -0.3 is 4.42 Å². The van der Waals surface area contributed by atoms with Crippen molar-refractivity contribution in [1.82, 2.24) is 9.88 Å². The third-order valence-corrected chi connectivity index (χ3v) is 2.90. The van der Waals surface area contributed by atoms with Gasteiger partial charge in [-0.15, -0.1) is 0 Å². The Morgan fingerprint density at radius 1 is 1.67 bits per heavy atom. The van der Waals surface area contributed by atoms with E-state index in [2.05, 4.69) is 23.7 Å². The molecule has 0 spiro atoms. The van der Waals surface area contributed by atoms with Crippen molar-refractivity contribution in [1.29, 1.82) is 0 Å². The molecule has 0 N–H and O–H groups in total. The number of rotatable bonds is 3. The first-order chi connectivity index (χ1) is 7.22. The van der Waals surface area contributed by atoms with Crippen molar-refractivity contribution >= 4 is 6.29 Å². The lowest BCUT2D eigenvalue weighted by molar-refractivity contribution is 0.111. The monoisotopic (exact) mass is 208 g/mol. The molecule has 1 aromatic heterocycles. The number of carbonyl (C=O) groups excluding carboxylic acids is 1. The van der Waals surface area contributed by atoms with Crippen molar-refractivity contribution in [3.05, 3.63) is 17.8 Å². The molecular formula is C11H16N2O2. The number of hydrogen-bond donors (Lipinski definition) is 0. The molecule has 0 saturated carbocycles. The summed E-state index contributed by atoms with van der Waals surface area (Å²) in [5.41, 5.74) is 0.389. The minimum absolute atomic E-state index is 0.249. The average Bonchev–Trinajstić information content (AvgIpc) is 2.85. The fourth-order valence-electron chi connectivity index (χ4n) is 2.18. The molecule has 15 heavy (non-hydrogen) atoms. The van der Waals surface area contributed by atoms with Gasteiger partial charge in [-0.25, -0.2) is 4.98 Å². The Labute approximate surface area is 89.3 Å². The van der Waals surface area contributed by atoms with Crippen LogP contribution in [0.5, 0.6) is 0 Å². The van der Waals surface area contributed by atoms with Gasteiger partial charge in [0.05, 0.1) is 6.04 Å². The lowest BCUT2D eigenvalue weighted by atomic mass is 10.2. The summed E-state index contributed by atoms with van der Waals surface area (Å²) < 4.78 is 5.34. The highest BCUT2D eigenvalue weighted by atomic mass is 16.3. The summed E-state index contributed by atoms with van der Waals surface area (Å²) in [7, 11) is 0. The van der Waals surface area contributed by atoms with E-state index in [1.54, 1.807) is 0 Å². The van der Waals surface area contributed by atoms with E-state index in [9.17, 15) is 4.79 Å². The highest BCUT2D eigenvalue weighted by Gasteiger charge is 2.31. The predicted octanol–water partition coefficient (Wildman–Crippen LogP) is 2.03. The van der Waals surface area contributed by atoms with Crippen LogP contribution in [0.1, 0.15) is 49.1 Å². The first kappa shape index (κ1) is 10.4. The second-order valence-electron chi connectivity index (χ2n) is 4.22. The summed E-state index contributed by atoms with van der Waals surface area (Å²) in [5, 5.41) is 0. The van der Waals surface area contributed by atoms with Crippen LogP contribution >= 0.6 is 0 Å². The molecule has 1 aliphatic heterocycles. The summed E-state index contributed by atoms with van der Waals surface area (Å²) in [4.78, 5) is 17.0.